The average molecular weight is 629 g/mol. The van der Waals surface area contributed by atoms with Gasteiger partial charge in [-0.05, 0) is 45.0 Å². The van der Waals surface area contributed by atoms with Crippen LogP contribution in [0.1, 0.15) is 27.0 Å². The number of nitrogens with zero attached hydrogens (tertiary/aromatic N) is 1. The number of alkyl halides is 2. The molecule has 1 fully saturated rings. The number of carbonyl (C=O) groups excluding carboxylic acids is 1. The normalized spacial score (nSPS) is 25.4. The molecule has 3 rings (SSSR count). The number of H-pyrrole nitrogens is 1. The molecule has 0 spiro atoms. The number of aromatic nitrogens is 2. The zero-order valence-electron chi connectivity index (χ0n) is 19.9. The minimum absolute atomic E-state index is 0.0466. The first-order valence-corrected chi connectivity index (χ1v) is 13.6. The van der Waals surface area contributed by atoms with Crippen LogP contribution in [-0.4, -0.2) is 55.4 Å². The topological polar surface area (TPSA) is 158 Å². The molecule has 2 aromatic rings. The van der Waals surface area contributed by atoms with E-state index in [-0.39, 0.29) is 12.4 Å². The molecule has 5 atom stereocenters. The highest BCUT2D eigenvalue weighted by Gasteiger charge is 2.56. The zero-order chi connectivity index (χ0) is 27.6. The van der Waals surface area contributed by atoms with E-state index in [0.717, 1.165) is 29.0 Å². The van der Waals surface area contributed by atoms with E-state index in [9.17, 15) is 28.4 Å². The maximum Gasteiger partial charge on any atom is 0.459 e. The highest BCUT2D eigenvalue weighted by atomic mass is 79.9. The zero-order valence-corrected chi connectivity index (χ0v) is 23.1. The van der Waals surface area contributed by atoms with Gasteiger partial charge in [-0.3, -0.25) is 23.7 Å². The fourth-order valence-corrected chi connectivity index (χ4v) is 5.91. The molecular weight excluding hydrogens is 604 g/mol. The van der Waals surface area contributed by atoms with Crippen molar-refractivity contribution in [1.29, 1.82) is 0 Å². The van der Waals surface area contributed by atoms with E-state index in [4.69, 9.17) is 30.1 Å². The molecule has 2 heterocycles. The predicted octanol–water partition coefficient (Wildman–Crippen LogP) is 2.40. The summed E-state index contributed by atoms with van der Waals surface area (Å²) in [6, 6.07) is 5.60. The molecule has 0 unspecified atom stereocenters. The molecule has 16 heteroatoms. The third-order valence-corrected chi connectivity index (χ3v) is 8.18. The van der Waals surface area contributed by atoms with Gasteiger partial charge in [0.25, 0.3) is 5.56 Å². The summed E-state index contributed by atoms with van der Waals surface area (Å²) in [5.41, 5.74) is -3.06. The molecule has 0 aliphatic carbocycles. The molecule has 1 saturated heterocycles. The van der Waals surface area contributed by atoms with Crippen LogP contribution in [-0.2, 0) is 23.4 Å². The number of benzene rings is 1. The van der Waals surface area contributed by atoms with Crippen molar-refractivity contribution in [3.05, 3.63) is 63.2 Å². The van der Waals surface area contributed by atoms with E-state index in [2.05, 4.69) is 26.0 Å². The third kappa shape index (κ3) is 6.88. The highest BCUT2D eigenvalue weighted by molar-refractivity contribution is 9.10. The van der Waals surface area contributed by atoms with E-state index >= 15 is 0 Å². The molecule has 3 N–H and O–H groups in total. The Hall–Kier alpha value is -2.06. The fourth-order valence-electron chi connectivity index (χ4n) is 3.30. The van der Waals surface area contributed by atoms with E-state index in [0.29, 0.717) is 0 Å². The van der Waals surface area contributed by atoms with Crippen LogP contribution in [0.3, 0.4) is 0 Å². The Labute approximate surface area is 223 Å². The summed E-state index contributed by atoms with van der Waals surface area (Å²) in [6.07, 6.45) is -2.97. The predicted molar refractivity (Wildman–Crippen MR) is 133 cm³/mol. The van der Waals surface area contributed by atoms with Crippen LogP contribution in [0.2, 0.25) is 0 Å². The molecule has 204 valence electrons. The molecule has 0 saturated carbocycles. The van der Waals surface area contributed by atoms with Crippen molar-refractivity contribution in [2.45, 2.75) is 48.5 Å². The molecule has 1 aliphatic heterocycles. The average Bonchev–Trinajstić information content (AvgIpc) is 3.02. The minimum Gasteiger partial charge on any atom is -0.465 e. The van der Waals surface area contributed by atoms with Gasteiger partial charge < -0.3 is 19.1 Å². The summed E-state index contributed by atoms with van der Waals surface area (Å²) < 4.78 is 48.0. The second kappa shape index (κ2) is 11.4. The second-order valence-corrected chi connectivity index (χ2v) is 12.5. The number of carbonyl (C=O) groups is 1. The highest BCUT2D eigenvalue weighted by Crippen LogP contribution is 2.50. The molecular formula is C21H25BrClFN3O9P. The van der Waals surface area contributed by atoms with E-state index in [1.807, 2.05) is 0 Å². The number of hydrogen-bond acceptors (Lipinski definition) is 9. The van der Waals surface area contributed by atoms with Gasteiger partial charge in [-0.25, -0.2) is 13.8 Å². The van der Waals surface area contributed by atoms with Crippen molar-refractivity contribution in [3.63, 3.8) is 0 Å². The Morgan fingerprint density at radius 1 is 1.35 bits per heavy atom. The number of halogens is 3. The van der Waals surface area contributed by atoms with Gasteiger partial charge in [0, 0.05) is 12.3 Å². The summed E-state index contributed by atoms with van der Waals surface area (Å²) in [5, 5.41) is 13.3. The van der Waals surface area contributed by atoms with Crippen LogP contribution in [0.15, 0.2) is 46.1 Å². The van der Waals surface area contributed by atoms with Crippen LogP contribution in [0.25, 0.3) is 0 Å². The lowest BCUT2D eigenvalue weighted by Gasteiger charge is -2.29. The number of aromatic amines is 1. The van der Waals surface area contributed by atoms with Crippen molar-refractivity contribution in [1.82, 2.24) is 14.6 Å². The Balaban J connectivity index is 1.85. The smallest absolute Gasteiger partial charge is 0.459 e. The van der Waals surface area contributed by atoms with Gasteiger partial charge in [-0.1, -0.05) is 27.5 Å². The van der Waals surface area contributed by atoms with E-state index in [1.165, 1.54) is 26.0 Å². The van der Waals surface area contributed by atoms with Crippen LogP contribution < -0.4 is 20.9 Å². The van der Waals surface area contributed by atoms with Crippen LogP contribution >= 0.6 is 35.3 Å². The summed E-state index contributed by atoms with van der Waals surface area (Å²) in [4.78, 5) is 38.1. The summed E-state index contributed by atoms with van der Waals surface area (Å²) >= 11 is 9.56. The number of rotatable bonds is 10. The largest absolute Gasteiger partial charge is 0.465 e. The summed E-state index contributed by atoms with van der Waals surface area (Å²) in [5.74, 6) is -1.37. The summed E-state index contributed by atoms with van der Waals surface area (Å²) in [6.45, 7) is 3.83. The molecule has 0 bridgehead atoms. The lowest BCUT2D eigenvalue weighted by atomic mass is 10.1. The molecule has 37 heavy (non-hydrogen) atoms. The Kier molecular flexibility index (Phi) is 9.05. The molecule has 12 nitrogen and oxygen atoms in total. The lowest BCUT2D eigenvalue weighted by molar-refractivity contribution is -0.149. The Morgan fingerprint density at radius 2 is 2.00 bits per heavy atom. The molecule has 1 aromatic carbocycles. The van der Waals surface area contributed by atoms with Crippen molar-refractivity contribution in [3.8, 4) is 5.75 Å². The summed E-state index contributed by atoms with van der Waals surface area (Å²) in [7, 11) is -4.42. The maximum absolute atomic E-state index is 13.7. The van der Waals surface area contributed by atoms with E-state index in [1.54, 1.807) is 6.92 Å². The first-order chi connectivity index (χ1) is 17.2. The molecule has 0 radical (unpaired) electrons. The van der Waals surface area contributed by atoms with Gasteiger partial charge in [0.1, 0.15) is 29.3 Å². The maximum atomic E-state index is 13.7. The minimum atomic E-state index is -4.42. The SMILES string of the molecule is CCOC(=O)C(C)(C)N[P@@](=O)(OC[C@H]1O[C@@H](n2ccc(=O)[nH]c2=O)[C@](Cl)(Br)[C@@H]1O)Oc1ccc(F)cc1. The van der Waals surface area contributed by atoms with Gasteiger partial charge in [0.15, 0.2) is 10.0 Å². The van der Waals surface area contributed by atoms with Gasteiger partial charge in [0.2, 0.25) is 0 Å². The van der Waals surface area contributed by atoms with Crippen molar-refractivity contribution >= 4 is 41.2 Å². The molecule has 1 aliphatic rings. The van der Waals surface area contributed by atoms with E-state index < -0.39 is 65.1 Å². The number of aliphatic hydroxyl groups excluding tert-OH is 1. The molecule has 0 amide bonds. The third-order valence-electron chi connectivity index (χ3n) is 5.13. The quantitative estimate of drug-likeness (QED) is 0.203. The number of esters is 1. The van der Waals surface area contributed by atoms with Gasteiger partial charge in [0.05, 0.1) is 13.2 Å². The monoisotopic (exact) mass is 627 g/mol. The second-order valence-electron chi connectivity index (χ2n) is 8.46. The number of hydrogen-bond donors (Lipinski definition) is 3. The lowest BCUT2D eigenvalue weighted by Crippen LogP contribution is -2.47. The van der Waals surface area contributed by atoms with Gasteiger partial charge >= 0.3 is 19.4 Å². The first kappa shape index (κ1) is 29.5. The number of nitrogens with one attached hydrogen (secondary N) is 2. The number of ether oxygens (including phenoxy) is 2. The van der Waals surface area contributed by atoms with Crippen LogP contribution in [0.4, 0.5) is 4.39 Å². The van der Waals surface area contributed by atoms with Crippen LogP contribution in [0, 0.1) is 5.82 Å². The first-order valence-electron chi connectivity index (χ1n) is 10.9. The number of aliphatic hydroxyl groups is 1. The van der Waals surface area contributed by atoms with Gasteiger partial charge in [-0.2, -0.15) is 5.09 Å². The standard InChI is InChI=1S/C21H25BrClFN3O9P/c1-4-33-18(30)20(2,3)26-37(32,36-13-7-5-12(24)6-8-13)34-11-14-16(29)21(22,23)17(35-14)27-10-9-15(28)25-19(27)31/h5-10,14,16-17,29H,4,11H2,1-3H3,(H,26,32)(H,25,28,31)/t14-,16-,17-,21+,37-/m1/s1. The fraction of sp³-hybridized carbons (Fsp3) is 0.476. The Morgan fingerprint density at radius 3 is 2.59 bits per heavy atom. The molecule has 1 aromatic heterocycles. The van der Waals surface area contributed by atoms with Crippen molar-refractivity contribution in [2.24, 2.45) is 0 Å². The van der Waals surface area contributed by atoms with Crippen molar-refractivity contribution in [2.75, 3.05) is 13.2 Å². The van der Waals surface area contributed by atoms with Gasteiger partial charge in [-0.15, -0.1) is 0 Å². The Bertz CT molecular complexity index is 1290. The van der Waals surface area contributed by atoms with Crippen LogP contribution in [0.5, 0.6) is 5.75 Å². The van der Waals surface area contributed by atoms with Crippen molar-refractivity contribution < 1.29 is 37.4 Å².